The van der Waals surface area contributed by atoms with Crippen molar-refractivity contribution in [2.24, 2.45) is 10.8 Å². The molecule has 1 heterocycles. The Bertz CT molecular complexity index is 865. The second-order valence-corrected chi connectivity index (χ2v) is 10.6. The molecule has 0 spiro atoms. The second kappa shape index (κ2) is 7.83. The summed E-state index contributed by atoms with van der Waals surface area (Å²) in [4.78, 5) is 5.06. The van der Waals surface area contributed by atoms with Crippen LogP contribution in [0.2, 0.25) is 0 Å². The zero-order chi connectivity index (χ0) is 22.4. The van der Waals surface area contributed by atoms with E-state index in [4.69, 9.17) is 4.74 Å². The molecule has 1 aliphatic carbocycles. The number of anilines is 1. The first-order valence-electron chi connectivity index (χ1n) is 11.6. The first kappa shape index (κ1) is 22.2. The number of rotatable bonds is 5. The molecule has 1 aliphatic heterocycles. The molecule has 1 saturated carbocycles. The van der Waals surface area contributed by atoms with E-state index in [9.17, 15) is 5.11 Å². The van der Waals surface area contributed by atoms with Crippen molar-refractivity contribution < 1.29 is 9.84 Å². The van der Waals surface area contributed by atoms with Crippen molar-refractivity contribution in [3.05, 3.63) is 60.2 Å². The average Bonchev–Trinajstić information content (AvgIpc) is 2.74. The molecule has 168 valence electrons. The van der Waals surface area contributed by atoms with Crippen LogP contribution < -0.4 is 9.64 Å². The van der Waals surface area contributed by atoms with Crippen molar-refractivity contribution in [2.75, 3.05) is 31.1 Å². The first-order chi connectivity index (χ1) is 14.6. The number of hydrogen-bond donors (Lipinski definition) is 1. The molecule has 4 nitrogen and oxygen atoms in total. The Hall–Kier alpha value is -2.04. The Morgan fingerprint density at radius 3 is 1.90 bits per heavy atom. The van der Waals surface area contributed by atoms with Crippen molar-refractivity contribution in [3.63, 3.8) is 0 Å². The molecule has 0 atom stereocenters. The van der Waals surface area contributed by atoms with Crippen LogP contribution in [-0.2, 0) is 5.60 Å². The molecule has 2 aromatic carbocycles. The van der Waals surface area contributed by atoms with Crippen LogP contribution in [0, 0.1) is 10.8 Å². The minimum atomic E-state index is -0.838. The van der Waals surface area contributed by atoms with Crippen molar-refractivity contribution in [1.82, 2.24) is 4.90 Å². The number of hydrogen-bond acceptors (Lipinski definition) is 4. The van der Waals surface area contributed by atoms with Gasteiger partial charge in [-0.2, -0.15) is 0 Å². The molecule has 1 saturated heterocycles. The van der Waals surface area contributed by atoms with Gasteiger partial charge in [-0.1, -0.05) is 58.0 Å². The van der Waals surface area contributed by atoms with Gasteiger partial charge in [0.05, 0.1) is 6.10 Å². The van der Waals surface area contributed by atoms with Gasteiger partial charge in [0, 0.05) is 48.7 Å². The van der Waals surface area contributed by atoms with E-state index in [0.717, 1.165) is 37.5 Å². The Kier molecular flexibility index (Phi) is 5.60. The summed E-state index contributed by atoms with van der Waals surface area (Å²) in [6, 6.07) is 19.0. The third-order valence-electron chi connectivity index (χ3n) is 7.68. The van der Waals surface area contributed by atoms with Crippen molar-refractivity contribution in [3.8, 4) is 5.75 Å². The van der Waals surface area contributed by atoms with Gasteiger partial charge in [0.25, 0.3) is 0 Å². The van der Waals surface area contributed by atoms with Crippen LogP contribution >= 0.6 is 0 Å². The highest BCUT2D eigenvalue weighted by Gasteiger charge is 2.73. The van der Waals surface area contributed by atoms with E-state index in [-0.39, 0.29) is 16.9 Å². The van der Waals surface area contributed by atoms with Gasteiger partial charge in [0.1, 0.15) is 11.4 Å². The van der Waals surface area contributed by atoms with E-state index >= 15 is 0 Å². The topological polar surface area (TPSA) is 35.9 Å². The standard InChI is InChI=1S/C27H38N2O2/c1-20(2)31-23-14-12-22(13-15-23)28-16-18-29(19-17-28)24-25(3,4)27(30,26(24,5)6)21-10-8-7-9-11-21/h7-15,20,24,30H,16-19H2,1-6H3. The molecular weight excluding hydrogens is 384 g/mol. The molecule has 2 aliphatic rings. The van der Waals surface area contributed by atoms with Crippen molar-refractivity contribution in [2.45, 2.75) is 59.3 Å². The maximum atomic E-state index is 11.9. The molecule has 0 amide bonds. The molecular formula is C27H38N2O2. The van der Waals surface area contributed by atoms with Crippen molar-refractivity contribution >= 4 is 5.69 Å². The average molecular weight is 423 g/mol. The van der Waals surface area contributed by atoms with Gasteiger partial charge < -0.3 is 14.7 Å². The largest absolute Gasteiger partial charge is 0.491 e. The van der Waals surface area contributed by atoms with Crippen LogP contribution in [0.25, 0.3) is 0 Å². The van der Waals surface area contributed by atoms with E-state index in [1.54, 1.807) is 0 Å². The number of aliphatic hydroxyl groups is 1. The van der Waals surface area contributed by atoms with Crippen molar-refractivity contribution in [1.29, 1.82) is 0 Å². The SMILES string of the molecule is CC(C)Oc1ccc(N2CCN(C3C(C)(C)C(O)(c4ccccc4)C3(C)C)CC2)cc1. The monoisotopic (exact) mass is 422 g/mol. The minimum Gasteiger partial charge on any atom is -0.491 e. The minimum absolute atomic E-state index is 0.193. The number of nitrogens with zero attached hydrogens (tertiary/aromatic N) is 2. The third-order valence-corrected chi connectivity index (χ3v) is 7.68. The predicted molar refractivity (Wildman–Crippen MR) is 128 cm³/mol. The summed E-state index contributed by atoms with van der Waals surface area (Å²) in [6.07, 6.45) is 0.193. The lowest BCUT2D eigenvalue weighted by atomic mass is 9.39. The molecule has 2 fully saturated rings. The lowest BCUT2D eigenvalue weighted by Crippen LogP contribution is -2.79. The fourth-order valence-corrected chi connectivity index (χ4v) is 6.63. The summed E-state index contributed by atoms with van der Waals surface area (Å²) in [5.74, 6) is 0.926. The summed E-state index contributed by atoms with van der Waals surface area (Å²) in [6.45, 7) is 17.0. The van der Waals surface area contributed by atoms with E-state index in [0.29, 0.717) is 6.04 Å². The Morgan fingerprint density at radius 1 is 0.839 bits per heavy atom. The van der Waals surface area contributed by atoms with Gasteiger partial charge in [-0.3, -0.25) is 4.90 Å². The molecule has 0 aromatic heterocycles. The fraction of sp³-hybridized carbons (Fsp3) is 0.556. The Morgan fingerprint density at radius 2 is 1.39 bits per heavy atom. The number of benzene rings is 2. The van der Waals surface area contributed by atoms with Gasteiger partial charge >= 0.3 is 0 Å². The molecule has 2 aromatic rings. The highest BCUT2D eigenvalue weighted by molar-refractivity contribution is 5.49. The summed E-state index contributed by atoms with van der Waals surface area (Å²) in [5, 5.41) is 11.9. The lowest BCUT2D eigenvalue weighted by molar-refractivity contribution is -0.307. The zero-order valence-electron chi connectivity index (χ0n) is 19.9. The van der Waals surface area contributed by atoms with Crippen LogP contribution in [0.1, 0.15) is 47.1 Å². The molecule has 31 heavy (non-hydrogen) atoms. The second-order valence-electron chi connectivity index (χ2n) is 10.6. The maximum Gasteiger partial charge on any atom is 0.119 e. The third kappa shape index (κ3) is 3.44. The molecule has 0 radical (unpaired) electrons. The predicted octanol–water partition coefficient (Wildman–Crippen LogP) is 4.92. The molecule has 1 N–H and O–H groups in total. The van der Waals surface area contributed by atoms with E-state index in [1.165, 1.54) is 5.69 Å². The quantitative estimate of drug-likeness (QED) is 0.742. The van der Waals surface area contributed by atoms with Crippen LogP contribution in [0.15, 0.2) is 54.6 Å². The lowest BCUT2D eigenvalue weighted by Gasteiger charge is -2.72. The molecule has 4 heteroatoms. The van der Waals surface area contributed by atoms with Gasteiger partial charge in [-0.15, -0.1) is 0 Å². The highest BCUT2D eigenvalue weighted by atomic mass is 16.5. The number of ether oxygens (including phenoxy) is 1. The highest BCUT2D eigenvalue weighted by Crippen LogP contribution is 2.68. The fourth-order valence-electron chi connectivity index (χ4n) is 6.63. The summed E-state index contributed by atoms with van der Waals surface area (Å²) >= 11 is 0. The van der Waals surface area contributed by atoms with Crippen LogP contribution in [-0.4, -0.2) is 48.3 Å². The van der Waals surface area contributed by atoms with Crippen LogP contribution in [0.4, 0.5) is 5.69 Å². The first-order valence-corrected chi connectivity index (χ1v) is 11.6. The number of piperazine rings is 1. The van der Waals surface area contributed by atoms with Gasteiger partial charge in [0.15, 0.2) is 0 Å². The maximum absolute atomic E-state index is 11.9. The summed E-state index contributed by atoms with van der Waals surface area (Å²) in [7, 11) is 0. The van der Waals surface area contributed by atoms with E-state index < -0.39 is 5.60 Å². The molecule has 4 rings (SSSR count). The summed E-state index contributed by atoms with van der Waals surface area (Å²) in [5.41, 5.74) is 0.994. The molecule has 0 unspecified atom stereocenters. The van der Waals surface area contributed by atoms with Gasteiger partial charge in [0.2, 0.25) is 0 Å². The molecule has 0 bridgehead atoms. The van der Waals surface area contributed by atoms with Gasteiger partial charge in [-0.05, 0) is 43.7 Å². The normalized spacial score (nSPS) is 27.7. The van der Waals surface area contributed by atoms with Crippen LogP contribution in [0.3, 0.4) is 0 Å². The zero-order valence-corrected chi connectivity index (χ0v) is 19.9. The Labute approximate surface area is 187 Å². The van der Waals surface area contributed by atoms with Gasteiger partial charge in [-0.25, -0.2) is 0 Å². The van der Waals surface area contributed by atoms with Crippen LogP contribution in [0.5, 0.6) is 5.75 Å². The Balaban J connectivity index is 1.45. The summed E-state index contributed by atoms with van der Waals surface area (Å²) < 4.78 is 5.78. The van der Waals surface area contributed by atoms with E-state index in [2.05, 4.69) is 87.7 Å². The smallest absolute Gasteiger partial charge is 0.119 e. The van der Waals surface area contributed by atoms with E-state index in [1.807, 2.05) is 18.2 Å².